The van der Waals surface area contributed by atoms with Crippen LogP contribution in [0.5, 0.6) is 0 Å². The van der Waals surface area contributed by atoms with E-state index in [4.69, 9.17) is 0 Å². The zero-order chi connectivity index (χ0) is 27.9. The second-order valence-electron chi connectivity index (χ2n) is 10.5. The Balaban J connectivity index is 1.45. The second kappa shape index (κ2) is 10.3. The summed E-state index contributed by atoms with van der Waals surface area (Å²) in [5.41, 5.74) is 8.33. The van der Waals surface area contributed by atoms with E-state index in [0.29, 0.717) is 0 Å². The Labute approximate surface area is 249 Å². The molecule has 8 rings (SSSR count). The summed E-state index contributed by atoms with van der Waals surface area (Å²) in [6.07, 6.45) is 0. The maximum Gasteiger partial charge on any atom is 0.0541 e. The van der Waals surface area contributed by atoms with E-state index in [0.717, 1.165) is 17.1 Å². The Morgan fingerprint density at radius 1 is 0.357 bits per heavy atom. The van der Waals surface area contributed by atoms with Gasteiger partial charge in [-0.15, -0.1) is 11.3 Å². The zero-order valence-corrected chi connectivity index (χ0v) is 23.8. The van der Waals surface area contributed by atoms with Crippen LogP contribution in [-0.4, -0.2) is 0 Å². The van der Waals surface area contributed by atoms with E-state index >= 15 is 0 Å². The van der Waals surface area contributed by atoms with Gasteiger partial charge in [0.05, 0.1) is 17.1 Å². The zero-order valence-electron chi connectivity index (χ0n) is 22.9. The highest BCUT2D eigenvalue weighted by atomic mass is 32.1. The van der Waals surface area contributed by atoms with Crippen molar-refractivity contribution in [1.82, 2.24) is 0 Å². The van der Waals surface area contributed by atoms with Gasteiger partial charge < -0.3 is 4.90 Å². The molecule has 0 aliphatic heterocycles. The molecule has 1 aromatic heterocycles. The summed E-state index contributed by atoms with van der Waals surface area (Å²) >= 11 is 1.88. The molecule has 2 heteroatoms. The van der Waals surface area contributed by atoms with Crippen LogP contribution in [-0.2, 0) is 0 Å². The minimum atomic E-state index is 1.15. The Morgan fingerprint density at radius 2 is 0.905 bits per heavy atom. The van der Waals surface area contributed by atoms with Gasteiger partial charge in [0.2, 0.25) is 0 Å². The fourth-order valence-electron chi connectivity index (χ4n) is 6.18. The Morgan fingerprint density at radius 3 is 1.76 bits per heavy atom. The Bertz CT molecular complexity index is 2200. The van der Waals surface area contributed by atoms with E-state index in [-0.39, 0.29) is 0 Å². The van der Waals surface area contributed by atoms with E-state index < -0.39 is 0 Å². The largest absolute Gasteiger partial charge is 0.309 e. The number of para-hydroxylation sites is 2. The number of hydrogen-bond donors (Lipinski definition) is 0. The molecule has 0 aliphatic rings. The molecule has 0 radical (unpaired) electrons. The predicted molar refractivity (Wildman–Crippen MR) is 182 cm³/mol. The third-order valence-corrected chi connectivity index (χ3v) is 9.30. The summed E-state index contributed by atoms with van der Waals surface area (Å²) in [6, 6.07) is 59.1. The van der Waals surface area contributed by atoms with Crippen molar-refractivity contribution in [3.05, 3.63) is 164 Å². The van der Waals surface area contributed by atoms with Crippen LogP contribution in [0.2, 0.25) is 0 Å². The highest BCUT2D eigenvalue weighted by Gasteiger charge is 2.22. The monoisotopic (exact) mass is 553 g/mol. The molecule has 0 saturated heterocycles. The Hall–Kier alpha value is -5.18. The van der Waals surface area contributed by atoms with Crippen molar-refractivity contribution in [3.8, 4) is 22.3 Å². The van der Waals surface area contributed by atoms with Gasteiger partial charge in [0.15, 0.2) is 0 Å². The molecule has 0 N–H and O–H groups in total. The minimum Gasteiger partial charge on any atom is -0.309 e. The predicted octanol–water partition coefficient (Wildman–Crippen LogP) is 12.0. The van der Waals surface area contributed by atoms with Crippen molar-refractivity contribution < 1.29 is 0 Å². The van der Waals surface area contributed by atoms with Gasteiger partial charge in [0.25, 0.3) is 0 Å². The molecule has 1 heterocycles. The normalized spacial score (nSPS) is 11.3. The van der Waals surface area contributed by atoms with Crippen molar-refractivity contribution >= 4 is 59.3 Å². The van der Waals surface area contributed by atoms with Gasteiger partial charge in [0.1, 0.15) is 0 Å². The fraction of sp³-hybridized carbons (Fsp3) is 0. The SMILES string of the molecule is c1ccc(-c2ccccc2N(c2ccccc2-c2cccc3c2sc2ccccc23)c2cccc3ccccc23)cc1. The van der Waals surface area contributed by atoms with Crippen LogP contribution in [0.15, 0.2) is 164 Å². The van der Waals surface area contributed by atoms with Crippen molar-refractivity contribution in [2.24, 2.45) is 0 Å². The number of benzene rings is 7. The van der Waals surface area contributed by atoms with Gasteiger partial charge in [-0.25, -0.2) is 0 Å². The first-order valence-corrected chi connectivity index (χ1v) is 15.1. The molecule has 0 unspecified atom stereocenters. The molecular formula is C40H27NS. The summed E-state index contributed by atoms with van der Waals surface area (Å²) in [5, 5.41) is 5.07. The Kier molecular flexibility index (Phi) is 6.05. The topological polar surface area (TPSA) is 3.24 Å². The molecule has 1 nitrogen and oxygen atoms in total. The van der Waals surface area contributed by atoms with Crippen LogP contribution in [0, 0.1) is 0 Å². The maximum atomic E-state index is 2.46. The number of thiophene rings is 1. The summed E-state index contributed by atoms with van der Waals surface area (Å²) in [5.74, 6) is 0. The average Bonchev–Trinajstić information content (AvgIpc) is 3.45. The third-order valence-electron chi connectivity index (χ3n) is 8.08. The highest BCUT2D eigenvalue weighted by molar-refractivity contribution is 7.26. The van der Waals surface area contributed by atoms with Gasteiger partial charge in [-0.05, 0) is 35.2 Å². The van der Waals surface area contributed by atoms with E-state index in [2.05, 4.69) is 169 Å². The molecule has 7 aromatic carbocycles. The smallest absolute Gasteiger partial charge is 0.0541 e. The van der Waals surface area contributed by atoms with Crippen LogP contribution < -0.4 is 4.90 Å². The quantitative estimate of drug-likeness (QED) is 0.205. The van der Waals surface area contributed by atoms with Crippen LogP contribution in [0.25, 0.3) is 53.2 Å². The fourth-order valence-corrected chi connectivity index (χ4v) is 7.41. The lowest BCUT2D eigenvalue weighted by Gasteiger charge is -2.31. The van der Waals surface area contributed by atoms with Crippen LogP contribution in [0.1, 0.15) is 0 Å². The molecule has 0 spiro atoms. The van der Waals surface area contributed by atoms with Gasteiger partial charge >= 0.3 is 0 Å². The summed E-state index contributed by atoms with van der Waals surface area (Å²) in [6.45, 7) is 0. The van der Waals surface area contributed by atoms with E-state index in [1.165, 1.54) is 53.2 Å². The molecule has 0 atom stereocenters. The van der Waals surface area contributed by atoms with E-state index in [1.54, 1.807) is 0 Å². The van der Waals surface area contributed by atoms with Crippen molar-refractivity contribution in [2.45, 2.75) is 0 Å². The summed E-state index contributed by atoms with van der Waals surface area (Å²) in [4.78, 5) is 2.46. The first-order valence-electron chi connectivity index (χ1n) is 14.3. The number of anilines is 3. The average molecular weight is 554 g/mol. The molecule has 8 aromatic rings. The molecule has 0 amide bonds. The van der Waals surface area contributed by atoms with E-state index in [1.807, 2.05) is 11.3 Å². The van der Waals surface area contributed by atoms with Crippen LogP contribution >= 0.6 is 11.3 Å². The molecule has 42 heavy (non-hydrogen) atoms. The summed E-state index contributed by atoms with van der Waals surface area (Å²) in [7, 11) is 0. The van der Waals surface area contributed by atoms with Gasteiger partial charge in [-0.1, -0.05) is 140 Å². The molecular weight excluding hydrogens is 527 g/mol. The maximum absolute atomic E-state index is 2.46. The molecule has 198 valence electrons. The molecule has 0 bridgehead atoms. The lowest BCUT2D eigenvalue weighted by Crippen LogP contribution is -2.13. The number of rotatable bonds is 5. The molecule has 0 fully saturated rings. The van der Waals surface area contributed by atoms with Crippen LogP contribution in [0.4, 0.5) is 17.1 Å². The third kappa shape index (κ3) is 4.08. The van der Waals surface area contributed by atoms with Crippen LogP contribution in [0.3, 0.4) is 0 Å². The van der Waals surface area contributed by atoms with Gasteiger partial charge in [-0.3, -0.25) is 0 Å². The van der Waals surface area contributed by atoms with Gasteiger partial charge in [-0.2, -0.15) is 0 Å². The minimum absolute atomic E-state index is 1.15. The lowest BCUT2D eigenvalue weighted by molar-refractivity contribution is 1.30. The highest BCUT2D eigenvalue weighted by Crippen LogP contribution is 2.48. The molecule has 0 aliphatic carbocycles. The number of nitrogens with zero attached hydrogens (tertiary/aromatic N) is 1. The molecule has 0 saturated carbocycles. The number of fused-ring (bicyclic) bond motifs is 4. The standard InChI is InChI=1S/C40H27NS/c1-2-14-28(15-3-1)30-19-6-9-24-36(30)41(37-26-12-17-29-16-4-5-18-31(29)37)38-25-10-7-20-32(38)34-22-13-23-35-33-21-8-11-27-39(33)42-40(34)35/h1-27H. The number of hydrogen-bond acceptors (Lipinski definition) is 2. The summed E-state index contributed by atoms with van der Waals surface area (Å²) < 4.78 is 2.64. The van der Waals surface area contributed by atoms with Crippen molar-refractivity contribution in [2.75, 3.05) is 4.90 Å². The lowest BCUT2D eigenvalue weighted by atomic mass is 9.97. The van der Waals surface area contributed by atoms with Gasteiger partial charge in [0, 0.05) is 42.2 Å². The van der Waals surface area contributed by atoms with Crippen molar-refractivity contribution in [3.63, 3.8) is 0 Å². The van der Waals surface area contributed by atoms with E-state index in [9.17, 15) is 0 Å². The first-order chi connectivity index (χ1) is 20.9. The van der Waals surface area contributed by atoms with Crippen molar-refractivity contribution in [1.29, 1.82) is 0 Å². The first kappa shape index (κ1) is 24.6. The second-order valence-corrected chi connectivity index (χ2v) is 11.6.